The van der Waals surface area contributed by atoms with Crippen LogP contribution in [0.25, 0.3) is 6.08 Å². The number of anilines is 2. The van der Waals surface area contributed by atoms with Gasteiger partial charge < -0.3 is 5.73 Å². The van der Waals surface area contributed by atoms with E-state index in [1.807, 2.05) is 30.3 Å². The third-order valence-electron chi connectivity index (χ3n) is 6.53. The number of nitrogens with two attached hydrogens (primary N) is 1. The molecule has 2 N–H and O–H groups in total. The Morgan fingerprint density at radius 2 is 1.77 bits per heavy atom. The highest BCUT2D eigenvalue weighted by Crippen LogP contribution is 2.47. The molecular weight excluding hydrogens is 578 g/mol. The molecule has 8 nitrogen and oxygen atoms in total. The van der Waals surface area contributed by atoms with Crippen LogP contribution in [-0.4, -0.2) is 27.8 Å². The standard InChI is InChI=1S/C29H20BrN5O3S/c30-22-4-2-1-3-16(22)9-12-23(36)17-7-10-19(11-8-17)35-25(37)13-24(29(35)38)39-28-21(15-32)26(18-5-6-18)20(14-31)27(33)34-28/h1-4,7-12,18,24H,5-6,13H2,(H2,33,34)/b12-9+. The Kier molecular flexibility index (Phi) is 7.34. The molecular formula is C29H20BrN5O3S. The largest absolute Gasteiger partial charge is 0.383 e. The lowest BCUT2D eigenvalue weighted by Crippen LogP contribution is -2.31. The number of nitriles is 2. The second-order valence-electron chi connectivity index (χ2n) is 9.11. The number of nitrogen functional groups attached to an aromatic ring is 1. The first-order valence-corrected chi connectivity index (χ1v) is 13.7. The summed E-state index contributed by atoms with van der Waals surface area (Å²) < 4.78 is 0.868. The Hall–Kier alpha value is -4.25. The van der Waals surface area contributed by atoms with Gasteiger partial charge in [0, 0.05) is 16.5 Å². The number of carbonyl (C=O) groups is 3. The maximum Gasteiger partial charge on any atom is 0.247 e. The molecule has 2 fully saturated rings. The summed E-state index contributed by atoms with van der Waals surface area (Å²) in [4.78, 5) is 44.1. The maximum absolute atomic E-state index is 13.3. The second kappa shape index (κ2) is 10.9. The Balaban J connectivity index is 1.34. The Labute approximate surface area is 237 Å². The summed E-state index contributed by atoms with van der Waals surface area (Å²) in [7, 11) is 0. The molecule has 5 rings (SSSR count). The van der Waals surface area contributed by atoms with Crippen LogP contribution >= 0.6 is 27.7 Å². The van der Waals surface area contributed by atoms with E-state index in [0.717, 1.165) is 39.5 Å². The fraction of sp³-hybridized carbons (Fsp3) is 0.172. The Bertz CT molecular complexity index is 1630. The molecule has 2 aromatic carbocycles. The number of imide groups is 1. The first-order valence-electron chi connectivity index (χ1n) is 12.1. The number of ketones is 1. The summed E-state index contributed by atoms with van der Waals surface area (Å²) in [6, 6.07) is 18.0. The molecule has 1 saturated carbocycles. The molecule has 10 heteroatoms. The lowest BCUT2D eigenvalue weighted by atomic mass is 10.0. The molecule has 3 aromatic rings. The number of aromatic nitrogens is 1. The normalized spacial score (nSPS) is 16.9. The number of rotatable bonds is 7. The van der Waals surface area contributed by atoms with Crippen molar-refractivity contribution in [1.29, 1.82) is 10.5 Å². The monoisotopic (exact) mass is 597 g/mol. The highest BCUT2D eigenvalue weighted by Gasteiger charge is 2.42. The van der Waals surface area contributed by atoms with Crippen LogP contribution in [-0.2, 0) is 9.59 Å². The number of pyridine rings is 1. The zero-order chi connectivity index (χ0) is 27.7. The van der Waals surface area contributed by atoms with Crippen LogP contribution < -0.4 is 10.6 Å². The van der Waals surface area contributed by atoms with Gasteiger partial charge in [-0.2, -0.15) is 10.5 Å². The van der Waals surface area contributed by atoms with Gasteiger partial charge in [0.1, 0.15) is 23.0 Å². The smallest absolute Gasteiger partial charge is 0.247 e. The minimum Gasteiger partial charge on any atom is -0.383 e. The number of hydrogen-bond acceptors (Lipinski definition) is 8. The van der Waals surface area contributed by atoms with Gasteiger partial charge in [0.25, 0.3) is 0 Å². The molecule has 2 aliphatic rings. The van der Waals surface area contributed by atoms with Crippen LogP contribution in [0.4, 0.5) is 11.5 Å². The number of carbonyl (C=O) groups excluding carboxylic acids is 3. The summed E-state index contributed by atoms with van der Waals surface area (Å²) in [5.41, 5.74) is 8.68. The van der Waals surface area contributed by atoms with Gasteiger partial charge in [-0.1, -0.05) is 45.9 Å². The van der Waals surface area contributed by atoms with Crippen molar-refractivity contribution in [3.8, 4) is 12.1 Å². The molecule has 0 radical (unpaired) electrons. The highest BCUT2D eigenvalue weighted by atomic mass is 79.9. The Morgan fingerprint density at radius 3 is 2.41 bits per heavy atom. The molecule has 1 aliphatic carbocycles. The van der Waals surface area contributed by atoms with Crippen LogP contribution in [0.2, 0.25) is 0 Å². The third-order valence-corrected chi connectivity index (χ3v) is 8.42. The van der Waals surface area contributed by atoms with Gasteiger partial charge in [-0.3, -0.25) is 14.4 Å². The first-order chi connectivity index (χ1) is 18.8. The van der Waals surface area contributed by atoms with E-state index in [1.165, 1.54) is 6.08 Å². The summed E-state index contributed by atoms with van der Waals surface area (Å²) in [5, 5.41) is 18.8. The van der Waals surface area contributed by atoms with Gasteiger partial charge in [-0.25, -0.2) is 9.88 Å². The minimum absolute atomic E-state index is 0.0171. The fourth-order valence-electron chi connectivity index (χ4n) is 4.44. The summed E-state index contributed by atoms with van der Waals surface area (Å²) >= 11 is 4.46. The van der Waals surface area contributed by atoms with Crippen molar-refractivity contribution >= 4 is 62.9 Å². The van der Waals surface area contributed by atoms with Gasteiger partial charge in [0.2, 0.25) is 11.8 Å². The van der Waals surface area contributed by atoms with Crippen molar-refractivity contribution in [2.75, 3.05) is 10.6 Å². The van der Waals surface area contributed by atoms with E-state index < -0.39 is 17.1 Å². The molecule has 192 valence electrons. The van der Waals surface area contributed by atoms with Gasteiger partial charge in [-0.15, -0.1) is 0 Å². The van der Waals surface area contributed by atoms with Gasteiger partial charge >= 0.3 is 0 Å². The van der Waals surface area contributed by atoms with E-state index in [2.05, 4.69) is 27.0 Å². The molecule has 0 spiro atoms. The third kappa shape index (κ3) is 5.22. The Morgan fingerprint density at radius 1 is 1.08 bits per heavy atom. The number of allylic oxidation sites excluding steroid dienone is 1. The SMILES string of the molecule is N#Cc1c(N)nc(SC2CC(=O)N(c3ccc(C(=O)/C=C/c4ccccc4Br)cc3)C2=O)c(C#N)c1C1CC1. The maximum atomic E-state index is 13.3. The van der Waals surface area contributed by atoms with E-state index in [4.69, 9.17) is 5.73 Å². The van der Waals surface area contributed by atoms with Gasteiger partial charge in [-0.05, 0) is 72.4 Å². The average molecular weight is 598 g/mol. The van der Waals surface area contributed by atoms with E-state index in [1.54, 1.807) is 30.3 Å². The first kappa shape index (κ1) is 26.4. The molecule has 1 unspecified atom stereocenters. The molecule has 1 atom stereocenters. The van der Waals surface area contributed by atoms with Crippen molar-refractivity contribution in [2.45, 2.75) is 35.5 Å². The minimum atomic E-state index is -0.801. The lowest BCUT2D eigenvalue weighted by molar-refractivity contribution is -0.121. The lowest BCUT2D eigenvalue weighted by Gasteiger charge is -2.16. The van der Waals surface area contributed by atoms with Crippen molar-refractivity contribution in [2.24, 2.45) is 0 Å². The topological polar surface area (TPSA) is 141 Å². The molecule has 1 aromatic heterocycles. The number of hydrogen-bond donors (Lipinski definition) is 1. The van der Waals surface area contributed by atoms with Crippen molar-refractivity contribution in [1.82, 2.24) is 4.98 Å². The predicted octanol–water partition coefficient (Wildman–Crippen LogP) is 5.37. The van der Waals surface area contributed by atoms with Crippen molar-refractivity contribution < 1.29 is 14.4 Å². The molecule has 1 aliphatic heterocycles. The molecule has 0 bridgehead atoms. The van der Waals surface area contributed by atoms with Crippen LogP contribution in [0.5, 0.6) is 0 Å². The number of amides is 2. The molecule has 1 saturated heterocycles. The average Bonchev–Trinajstić information content (AvgIpc) is 3.73. The number of halogens is 1. The fourth-order valence-corrected chi connectivity index (χ4v) is 5.98. The van der Waals surface area contributed by atoms with Crippen LogP contribution in [0.3, 0.4) is 0 Å². The van der Waals surface area contributed by atoms with E-state index in [9.17, 15) is 24.9 Å². The van der Waals surface area contributed by atoms with E-state index >= 15 is 0 Å². The van der Waals surface area contributed by atoms with Crippen LogP contribution in [0, 0.1) is 22.7 Å². The van der Waals surface area contributed by atoms with E-state index in [0.29, 0.717) is 16.8 Å². The van der Waals surface area contributed by atoms with Gasteiger partial charge in [0.15, 0.2) is 5.78 Å². The van der Waals surface area contributed by atoms with Crippen LogP contribution in [0.15, 0.2) is 64.1 Å². The summed E-state index contributed by atoms with van der Waals surface area (Å²) in [5.74, 6) is -0.970. The molecule has 39 heavy (non-hydrogen) atoms. The predicted molar refractivity (Wildman–Crippen MR) is 151 cm³/mol. The van der Waals surface area contributed by atoms with E-state index in [-0.39, 0.29) is 40.1 Å². The quantitative estimate of drug-likeness (QED) is 0.218. The second-order valence-corrected chi connectivity index (χ2v) is 11.2. The van der Waals surface area contributed by atoms with Gasteiger partial charge in [0.05, 0.1) is 22.1 Å². The summed E-state index contributed by atoms with van der Waals surface area (Å²) in [6.07, 6.45) is 4.80. The zero-order valence-corrected chi connectivity index (χ0v) is 22.8. The van der Waals surface area contributed by atoms with Crippen molar-refractivity contribution in [3.05, 3.63) is 86.9 Å². The number of nitrogens with zero attached hydrogens (tertiary/aromatic N) is 4. The van der Waals surface area contributed by atoms with Crippen molar-refractivity contribution in [3.63, 3.8) is 0 Å². The molecule has 2 amide bonds. The highest BCUT2D eigenvalue weighted by molar-refractivity contribution is 9.10. The molecule has 2 heterocycles. The zero-order valence-electron chi connectivity index (χ0n) is 20.4. The number of thioether (sulfide) groups is 1. The van der Waals surface area contributed by atoms with Crippen LogP contribution in [0.1, 0.15) is 57.8 Å². The summed E-state index contributed by atoms with van der Waals surface area (Å²) in [6.45, 7) is 0. The number of benzene rings is 2.